The van der Waals surface area contributed by atoms with Crippen molar-refractivity contribution in [2.45, 2.75) is 58.4 Å². The van der Waals surface area contributed by atoms with Gasteiger partial charge >= 0.3 is 0 Å². The van der Waals surface area contributed by atoms with Gasteiger partial charge in [0.2, 0.25) is 0 Å². The van der Waals surface area contributed by atoms with Crippen LogP contribution in [0.1, 0.15) is 52.2 Å². The van der Waals surface area contributed by atoms with Crippen molar-refractivity contribution >= 4 is 17.6 Å². The van der Waals surface area contributed by atoms with Crippen LogP contribution < -0.4 is 0 Å². The highest BCUT2D eigenvalue weighted by Gasteiger charge is 2.44. The molecule has 2 saturated heterocycles. The Kier molecular flexibility index (Phi) is 7.41. The summed E-state index contributed by atoms with van der Waals surface area (Å²) in [5.74, 6) is -0.435. The van der Waals surface area contributed by atoms with Crippen LogP contribution in [-0.2, 0) is 27.2 Å². The van der Waals surface area contributed by atoms with Gasteiger partial charge in [0.05, 0.1) is 13.2 Å². The molecule has 2 aromatic carbocycles. The number of thiophene rings is 1. The third kappa shape index (κ3) is 5.78. The molecule has 33 heavy (non-hydrogen) atoms. The highest BCUT2D eigenvalue weighted by atomic mass is 32.1. The lowest BCUT2D eigenvalue weighted by Crippen LogP contribution is -2.22. The fourth-order valence-corrected chi connectivity index (χ4v) is 5.16. The van der Waals surface area contributed by atoms with Gasteiger partial charge < -0.3 is 19.3 Å². The van der Waals surface area contributed by atoms with Crippen LogP contribution >= 0.6 is 11.3 Å². The second-order valence-electron chi connectivity index (χ2n) is 8.77. The average molecular weight is 467 g/mol. The summed E-state index contributed by atoms with van der Waals surface area (Å²) in [7, 11) is 0. The molecule has 0 aliphatic carbocycles. The Labute approximate surface area is 198 Å². The number of hydrogen-bond acceptors (Lipinski definition) is 6. The molecule has 3 aromatic rings. The van der Waals surface area contributed by atoms with Gasteiger partial charge in [0, 0.05) is 33.7 Å². The second kappa shape index (κ2) is 10.3. The maximum atomic E-state index is 11.2. The Balaban J connectivity index is 0.000000214. The first-order valence-corrected chi connectivity index (χ1v) is 12.0. The zero-order valence-corrected chi connectivity index (χ0v) is 20.1. The molecule has 0 radical (unpaired) electrons. The quantitative estimate of drug-likeness (QED) is 0.503. The summed E-state index contributed by atoms with van der Waals surface area (Å²) in [5, 5.41) is 9.30. The maximum Gasteiger partial charge on any atom is 0.187 e. The molecule has 2 aliphatic rings. The number of rotatable bonds is 5. The minimum atomic E-state index is -0.435. The van der Waals surface area contributed by atoms with E-state index in [2.05, 4.69) is 31.2 Å². The number of carbonyl (C=O) groups excluding carboxylic acids is 1. The van der Waals surface area contributed by atoms with Crippen molar-refractivity contribution in [2.24, 2.45) is 0 Å². The zero-order valence-electron chi connectivity index (χ0n) is 19.2. The third-order valence-corrected chi connectivity index (χ3v) is 6.92. The van der Waals surface area contributed by atoms with Gasteiger partial charge in [-0.3, -0.25) is 4.79 Å². The van der Waals surface area contributed by atoms with E-state index in [1.54, 1.807) is 11.3 Å². The van der Waals surface area contributed by atoms with E-state index in [0.717, 1.165) is 47.3 Å². The van der Waals surface area contributed by atoms with Gasteiger partial charge in [-0.05, 0) is 49.6 Å². The van der Waals surface area contributed by atoms with Gasteiger partial charge in [0.1, 0.15) is 6.10 Å². The van der Waals surface area contributed by atoms with E-state index in [1.807, 2.05) is 44.2 Å². The molecule has 6 heteroatoms. The van der Waals surface area contributed by atoms with Crippen molar-refractivity contribution in [3.63, 3.8) is 0 Å². The molecule has 0 spiro atoms. The second-order valence-corrected chi connectivity index (χ2v) is 9.94. The van der Waals surface area contributed by atoms with Crippen molar-refractivity contribution in [3.05, 3.63) is 81.7 Å². The third-order valence-electron chi connectivity index (χ3n) is 5.80. The summed E-state index contributed by atoms with van der Waals surface area (Å²) in [6.45, 7) is 6.75. The largest absolute Gasteiger partial charge is 0.392 e. The van der Waals surface area contributed by atoms with E-state index in [-0.39, 0.29) is 19.0 Å². The van der Waals surface area contributed by atoms with Crippen LogP contribution in [0.3, 0.4) is 0 Å². The first-order chi connectivity index (χ1) is 15.9. The van der Waals surface area contributed by atoms with Gasteiger partial charge in [-0.1, -0.05) is 42.5 Å². The molecule has 2 unspecified atom stereocenters. The van der Waals surface area contributed by atoms with Gasteiger partial charge in [0.15, 0.2) is 18.4 Å². The summed E-state index contributed by atoms with van der Waals surface area (Å²) in [5.41, 5.74) is 5.10. The van der Waals surface area contributed by atoms with Crippen LogP contribution in [0.5, 0.6) is 0 Å². The van der Waals surface area contributed by atoms with E-state index < -0.39 is 5.79 Å². The van der Waals surface area contributed by atoms with Gasteiger partial charge in [-0.25, -0.2) is 0 Å². The predicted octanol–water partition coefficient (Wildman–Crippen LogP) is 5.50. The molecule has 1 aromatic heterocycles. The fourth-order valence-electron chi connectivity index (χ4n) is 4.08. The molecule has 1 N–H and O–H groups in total. The van der Waals surface area contributed by atoms with Gasteiger partial charge in [-0.2, -0.15) is 0 Å². The molecule has 3 heterocycles. The Morgan fingerprint density at radius 2 is 1.94 bits per heavy atom. The first kappa shape index (κ1) is 23.8. The van der Waals surface area contributed by atoms with Crippen LogP contribution in [0.15, 0.2) is 54.6 Å². The minimum absolute atomic E-state index is 0.0652. The molecular weight excluding hydrogens is 436 g/mol. The highest BCUT2D eigenvalue weighted by molar-refractivity contribution is 7.15. The Morgan fingerprint density at radius 3 is 2.70 bits per heavy atom. The van der Waals surface area contributed by atoms with Crippen LogP contribution in [0, 0.1) is 6.92 Å². The van der Waals surface area contributed by atoms with E-state index in [9.17, 15) is 9.90 Å². The monoisotopic (exact) mass is 466 g/mol. The van der Waals surface area contributed by atoms with Gasteiger partial charge in [-0.15, -0.1) is 11.3 Å². The van der Waals surface area contributed by atoms with E-state index >= 15 is 0 Å². The van der Waals surface area contributed by atoms with Crippen molar-refractivity contribution in [3.8, 4) is 10.4 Å². The number of carbonyl (C=O) groups is 1. The number of hydrogen-bond donors (Lipinski definition) is 1. The van der Waals surface area contributed by atoms with E-state index in [4.69, 9.17) is 14.2 Å². The normalized spacial score (nSPS) is 20.7. The fraction of sp³-hybridized carbons (Fsp3) is 0.370. The lowest BCUT2D eigenvalue weighted by atomic mass is 10.0. The molecule has 5 rings (SSSR count). The lowest BCUT2D eigenvalue weighted by molar-refractivity contribution is -0.192. The molecule has 2 atom stereocenters. The maximum absolute atomic E-state index is 11.2. The first-order valence-electron chi connectivity index (χ1n) is 11.2. The Morgan fingerprint density at radius 1 is 1.12 bits per heavy atom. The minimum Gasteiger partial charge on any atom is -0.392 e. The molecule has 0 saturated carbocycles. The summed E-state index contributed by atoms with van der Waals surface area (Å²) >= 11 is 1.71. The Hall–Kier alpha value is -2.35. The van der Waals surface area contributed by atoms with Gasteiger partial charge in [0.25, 0.3) is 0 Å². The summed E-state index contributed by atoms with van der Waals surface area (Å²) in [4.78, 5) is 13.6. The summed E-state index contributed by atoms with van der Waals surface area (Å²) < 4.78 is 16.2. The molecule has 0 amide bonds. The van der Waals surface area contributed by atoms with Crippen molar-refractivity contribution in [2.75, 3.05) is 6.61 Å². The molecule has 2 aliphatic heterocycles. The lowest BCUT2D eigenvalue weighted by Gasteiger charge is -2.17. The summed E-state index contributed by atoms with van der Waals surface area (Å²) in [6.07, 6.45) is 2.79. The molecular formula is C27H30O5S. The topological polar surface area (TPSA) is 65.0 Å². The zero-order chi connectivity index (χ0) is 23.4. The van der Waals surface area contributed by atoms with E-state index in [1.165, 1.54) is 16.0 Å². The number of aryl methyl sites for hydroxylation is 1. The smallest absolute Gasteiger partial charge is 0.187 e. The number of benzene rings is 2. The SMILES string of the molecule is CC1(C)OC2CCOC2O1.Cc1ccc(CO)cc1Cc1ccc(-c2ccccc2C=O)s1. The predicted molar refractivity (Wildman–Crippen MR) is 129 cm³/mol. The molecule has 0 bridgehead atoms. The van der Waals surface area contributed by atoms with Crippen molar-refractivity contribution in [1.29, 1.82) is 0 Å². The number of fused-ring (bicyclic) bond motifs is 1. The number of aldehydes is 1. The van der Waals surface area contributed by atoms with Crippen molar-refractivity contribution < 1.29 is 24.1 Å². The van der Waals surface area contributed by atoms with Crippen LogP contribution in [0.25, 0.3) is 10.4 Å². The van der Waals surface area contributed by atoms with Crippen LogP contribution in [0.4, 0.5) is 0 Å². The number of ether oxygens (including phenoxy) is 3. The van der Waals surface area contributed by atoms with E-state index in [0.29, 0.717) is 0 Å². The number of aliphatic hydroxyl groups excluding tert-OH is 1. The molecule has 2 fully saturated rings. The molecule has 174 valence electrons. The standard InChI is InChI=1S/C20H18O2S.C7H12O3/c1-14-6-7-15(12-21)10-17(14)11-18-8-9-20(23-18)19-5-3-2-4-16(19)13-22;1-7(2)9-5-3-4-8-6(5)10-7/h2-10,13,21H,11-12H2,1H3;5-6H,3-4H2,1-2H3. The Bertz CT molecular complexity index is 1090. The molecule has 5 nitrogen and oxygen atoms in total. The van der Waals surface area contributed by atoms with Crippen LogP contribution in [0.2, 0.25) is 0 Å². The average Bonchev–Trinajstić information content (AvgIpc) is 3.50. The summed E-state index contributed by atoms with van der Waals surface area (Å²) in [6, 6.07) is 17.9. The van der Waals surface area contributed by atoms with Crippen molar-refractivity contribution in [1.82, 2.24) is 0 Å². The van der Waals surface area contributed by atoms with Crippen LogP contribution in [-0.4, -0.2) is 36.2 Å². The highest BCUT2D eigenvalue weighted by Crippen LogP contribution is 2.34. The number of aliphatic hydroxyl groups is 1.